The number of nitrogens with one attached hydrogen (secondary N) is 1. The summed E-state index contributed by atoms with van der Waals surface area (Å²) in [6.45, 7) is 4.73. The van der Waals surface area contributed by atoms with Crippen molar-refractivity contribution >= 4 is 11.7 Å². The van der Waals surface area contributed by atoms with E-state index in [2.05, 4.69) is 15.4 Å². The molecule has 0 spiro atoms. The van der Waals surface area contributed by atoms with E-state index in [4.69, 9.17) is 4.74 Å². The standard InChI is InChI=1S/C21H20F2N4O2/c1-12(2)20(28)25-17-10-13(6-7-24-17)18-19(15-5-4-14(22)11-16(15)23)26-27-8-3-9-29-21(18)27/h4-7,10-12H,3,8-9H2,1-2H3,(H,24,25,28). The van der Waals surface area contributed by atoms with Crippen molar-refractivity contribution in [3.05, 3.63) is 48.2 Å². The Kier molecular flexibility index (Phi) is 5.00. The molecule has 0 saturated carbocycles. The number of fused-ring (bicyclic) bond motifs is 1. The van der Waals surface area contributed by atoms with Crippen LogP contribution in [0.5, 0.6) is 5.88 Å². The van der Waals surface area contributed by atoms with Crippen LogP contribution in [0.3, 0.4) is 0 Å². The molecule has 1 amide bonds. The molecule has 1 N–H and O–H groups in total. The van der Waals surface area contributed by atoms with Gasteiger partial charge in [-0.1, -0.05) is 13.8 Å². The van der Waals surface area contributed by atoms with Gasteiger partial charge in [0.05, 0.1) is 12.2 Å². The van der Waals surface area contributed by atoms with Crippen molar-refractivity contribution in [1.82, 2.24) is 14.8 Å². The van der Waals surface area contributed by atoms with Gasteiger partial charge in [0.1, 0.15) is 23.1 Å². The molecule has 1 aromatic carbocycles. The van der Waals surface area contributed by atoms with Crippen LogP contribution in [-0.2, 0) is 11.3 Å². The van der Waals surface area contributed by atoms with E-state index in [0.717, 1.165) is 12.5 Å². The molecule has 8 heteroatoms. The number of carbonyl (C=O) groups is 1. The molecule has 2 aromatic heterocycles. The Labute approximate surface area is 166 Å². The van der Waals surface area contributed by atoms with Gasteiger partial charge in [0.25, 0.3) is 0 Å². The number of aryl methyl sites for hydroxylation is 1. The third-order valence-corrected chi connectivity index (χ3v) is 4.67. The van der Waals surface area contributed by atoms with Crippen LogP contribution in [0, 0.1) is 17.6 Å². The highest BCUT2D eigenvalue weighted by molar-refractivity contribution is 5.92. The van der Waals surface area contributed by atoms with E-state index in [0.29, 0.717) is 41.7 Å². The maximum Gasteiger partial charge on any atom is 0.228 e. The number of rotatable bonds is 4. The van der Waals surface area contributed by atoms with Gasteiger partial charge in [-0.15, -0.1) is 0 Å². The number of hydrogen-bond acceptors (Lipinski definition) is 4. The zero-order valence-electron chi connectivity index (χ0n) is 16.1. The van der Waals surface area contributed by atoms with Gasteiger partial charge >= 0.3 is 0 Å². The number of carbonyl (C=O) groups excluding carboxylic acids is 1. The summed E-state index contributed by atoms with van der Waals surface area (Å²) in [7, 11) is 0. The summed E-state index contributed by atoms with van der Waals surface area (Å²) in [5, 5.41) is 7.29. The monoisotopic (exact) mass is 398 g/mol. The smallest absolute Gasteiger partial charge is 0.228 e. The zero-order valence-corrected chi connectivity index (χ0v) is 16.1. The summed E-state index contributed by atoms with van der Waals surface area (Å²) in [4.78, 5) is 16.2. The van der Waals surface area contributed by atoms with E-state index < -0.39 is 11.6 Å². The Morgan fingerprint density at radius 2 is 2.07 bits per heavy atom. The number of pyridine rings is 1. The van der Waals surface area contributed by atoms with E-state index in [9.17, 15) is 13.6 Å². The molecule has 0 unspecified atom stereocenters. The van der Waals surface area contributed by atoms with Crippen molar-refractivity contribution in [1.29, 1.82) is 0 Å². The highest BCUT2D eigenvalue weighted by atomic mass is 19.1. The van der Waals surface area contributed by atoms with Gasteiger partial charge in [-0.2, -0.15) is 5.10 Å². The number of hydrogen-bond donors (Lipinski definition) is 1. The van der Waals surface area contributed by atoms with Crippen LogP contribution in [0.1, 0.15) is 20.3 Å². The first-order valence-electron chi connectivity index (χ1n) is 9.40. The average Bonchev–Trinajstić information content (AvgIpc) is 3.07. The predicted molar refractivity (Wildman–Crippen MR) is 104 cm³/mol. The molecular weight excluding hydrogens is 378 g/mol. The molecule has 0 atom stereocenters. The number of halogens is 2. The Hall–Kier alpha value is -3.29. The minimum Gasteiger partial charge on any atom is -0.477 e. The van der Waals surface area contributed by atoms with Crippen LogP contribution in [0.25, 0.3) is 22.4 Å². The van der Waals surface area contributed by atoms with E-state index >= 15 is 0 Å². The van der Waals surface area contributed by atoms with E-state index in [1.54, 1.807) is 36.9 Å². The largest absolute Gasteiger partial charge is 0.477 e. The second-order valence-corrected chi connectivity index (χ2v) is 7.15. The summed E-state index contributed by atoms with van der Waals surface area (Å²) >= 11 is 0. The van der Waals surface area contributed by atoms with E-state index in [1.807, 2.05) is 0 Å². The van der Waals surface area contributed by atoms with Crippen LogP contribution in [0.15, 0.2) is 36.5 Å². The van der Waals surface area contributed by atoms with Crippen LogP contribution < -0.4 is 10.1 Å². The molecule has 0 fully saturated rings. The Bertz CT molecular complexity index is 1080. The summed E-state index contributed by atoms with van der Waals surface area (Å²) in [6, 6.07) is 6.83. The number of benzene rings is 1. The van der Waals surface area contributed by atoms with Gasteiger partial charge in [0.2, 0.25) is 11.8 Å². The molecule has 4 rings (SSSR count). The number of anilines is 1. The maximum absolute atomic E-state index is 14.5. The first-order chi connectivity index (χ1) is 13.9. The third kappa shape index (κ3) is 3.70. The maximum atomic E-state index is 14.5. The molecule has 3 aromatic rings. The van der Waals surface area contributed by atoms with E-state index in [1.165, 1.54) is 12.1 Å². The first kappa shape index (κ1) is 19.0. The van der Waals surface area contributed by atoms with Crippen molar-refractivity contribution in [3.8, 4) is 28.3 Å². The molecule has 150 valence electrons. The van der Waals surface area contributed by atoms with E-state index in [-0.39, 0.29) is 17.4 Å². The summed E-state index contributed by atoms with van der Waals surface area (Å²) < 4.78 is 35.5. The summed E-state index contributed by atoms with van der Waals surface area (Å²) in [6.07, 6.45) is 2.34. The fraction of sp³-hybridized carbons (Fsp3) is 0.286. The zero-order chi connectivity index (χ0) is 20.5. The van der Waals surface area contributed by atoms with Gasteiger partial charge in [0.15, 0.2) is 0 Å². The molecular formula is C21H20F2N4O2. The van der Waals surface area contributed by atoms with Gasteiger partial charge < -0.3 is 10.1 Å². The fourth-order valence-corrected chi connectivity index (χ4v) is 3.18. The van der Waals surface area contributed by atoms with Crippen LogP contribution in [-0.4, -0.2) is 27.3 Å². The molecule has 1 aliphatic rings. The molecule has 29 heavy (non-hydrogen) atoms. The van der Waals surface area contributed by atoms with Crippen molar-refractivity contribution in [2.75, 3.05) is 11.9 Å². The van der Waals surface area contributed by atoms with Crippen LogP contribution in [0.2, 0.25) is 0 Å². The molecule has 0 bridgehead atoms. The fourth-order valence-electron chi connectivity index (χ4n) is 3.18. The van der Waals surface area contributed by atoms with Gasteiger partial charge in [-0.05, 0) is 29.8 Å². The third-order valence-electron chi connectivity index (χ3n) is 4.67. The van der Waals surface area contributed by atoms with Crippen molar-refractivity contribution in [2.45, 2.75) is 26.8 Å². The average molecular weight is 398 g/mol. The van der Waals surface area contributed by atoms with Gasteiger partial charge in [-0.3, -0.25) is 4.79 Å². The topological polar surface area (TPSA) is 69.0 Å². The second kappa shape index (κ2) is 7.62. The van der Waals surface area contributed by atoms with Crippen LogP contribution >= 0.6 is 0 Å². The van der Waals surface area contributed by atoms with Gasteiger partial charge in [-0.25, -0.2) is 18.4 Å². The number of amides is 1. The molecule has 1 aliphatic heterocycles. The first-order valence-corrected chi connectivity index (χ1v) is 9.40. The molecule has 6 nitrogen and oxygen atoms in total. The van der Waals surface area contributed by atoms with Crippen molar-refractivity contribution in [3.63, 3.8) is 0 Å². The summed E-state index contributed by atoms with van der Waals surface area (Å²) in [5.41, 5.74) is 1.78. The SMILES string of the molecule is CC(C)C(=O)Nc1cc(-c2c(-c3ccc(F)cc3F)nn3c2OCCC3)ccn1. The number of aromatic nitrogens is 3. The minimum absolute atomic E-state index is 0.160. The van der Waals surface area contributed by atoms with Gasteiger partial charge in [0, 0.05) is 36.7 Å². The predicted octanol–water partition coefficient (Wildman–Crippen LogP) is 4.27. The van der Waals surface area contributed by atoms with Crippen LogP contribution in [0.4, 0.5) is 14.6 Å². The molecule has 0 saturated heterocycles. The molecule has 0 radical (unpaired) electrons. The lowest BCUT2D eigenvalue weighted by Crippen LogP contribution is -2.18. The number of nitrogens with zero attached hydrogens (tertiary/aromatic N) is 3. The molecule has 3 heterocycles. The molecule has 0 aliphatic carbocycles. The highest BCUT2D eigenvalue weighted by Gasteiger charge is 2.26. The lowest BCUT2D eigenvalue weighted by molar-refractivity contribution is -0.118. The normalized spacial score (nSPS) is 13.1. The Morgan fingerprint density at radius 1 is 1.24 bits per heavy atom. The minimum atomic E-state index is -0.705. The Morgan fingerprint density at radius 3 is 2.83 bits per heavy atom. The second-order valence-electron chi connectivity index (χ2n) is 7.15. The van der Waals surface area contributed by atoms with Crippen molar-refractivity contribution < 1.29 is 18.3 Å². The summed E-state index contributed by atoms with van der Waals surface area (Å²) in [5.74, 6) is -0.825. The quantitative estimate of drug-likeness (QED) is 0.713. The lowest BCUT2D eigenvalue weighted by Gasteiger charge is -2.16. The Balaban J connectivity index is 1.85. The highest BCUT2D eigenvalue weighted by Crippen LogP contribution is 2.41. The lowest BCUT2D eigenvalue weighted by atomic mass is 10.0. The number of ether oxygens (including phenoxy) is 1. The van der Waals surface area contributed by atoms with Crippen molar-refractivity contribution in [2.24, 2.45) is 5.92 Å².